The first kappa shape index (κ1) is 13.7. The van der Waals surface area contributed by atoms with Crippen molar-refractivity contribution in [1.29, 1.82) is 0 Å². The molecule has 0 aliphatic carbocycles. The highest BCUT2D eigenvalue weighted by molar-refractivity contribution is 9.10. The van der Waals surface area contributed by atoms with E-state index in [9.17, 15) is 9.18 Å². The van der Waals surface area contributed by atoms with Crippen LogP contribution in [0, 0.1) is 5.95 Å². The molecular formula is C14H12BrFN2O. The van der Waals surface area contributed by atoms with E-state index in [1.54, 1.807) is 7.05 Å². The Labute approximate surface area is 119 Å². The SMILES string of the molecule is CN(Cc1ccc(Br)cc1)C(=O)c1cccc(F)n1. The van der Waals surface area contributed by atoms with Crippen molar-refractivity contribution in [3.05, 3.63) is 64.1 Å². The number of amides is 1. The fourth-order valence-corrected chi connectivity index (χ4v) is 1.92. The molecule has 1 aromatic heterocycles. The minimum absolute atomic E-state index is 0.111. The van der Waals surface area contributed by atoms with Crippen molar-refractivity contribution in [3.8, 4) is 0 Å². The van der Waals surface area contributed by atoms with Crippen LogP contribution in [0.25, 0.3) is 0 Å². The first-order valence-corrected chi connectivity index (χ1v) is 6.48. The highest BCUT2D eigenvalue weighted by atomic mass is 79.9. The molecule has 98 valence electrons. The molecule has 0 atom stereocenters. The molecule has 0 fully saturated rings. The second kappa shape index (κ2) is 5.93. The van der Waals surface area contributed by atoms with Gasteiger partial charge in [0.1, 0.15) is 5.69 Å². The summed E-state index contributed by atoms with van der Waals surface area (Å²) in [6.45, 7) is 0.449. The molecule has 1 amide bonds. The molecule has 1 heterocycles. The van der Waals surface area contributed by atoms with E-state index in [0.29, 0.717) is 6.54 Å². The van der Waals surface area contributed by atoms with Gasteiger partial charge in [0.2, 0.25) is 5.95 Å². The van der Waals surface area contributed by atoms with Crippen LogP contribution in [0.3, 0.4) is 0 Å². The van der Waals surface area contributed by atoms with Gasteiger partial charge in [-0.2, -0.15) is 4.39 Å². The Kier molecular flexibility index (Phi) is 4.27. The lowest BCUT2D eigenvalue weighted by molar-refractivity contribution is 0.0778. The van der Waals surface area contributed by atoms with E-state index in [1.165, 1.54) is 23.1 Å². The molecule has 0 spiro atoms. The van der Waals surface area contributed by atoms with Crippen molar-refractivity contribution in [3.63, 3.8) is 0 Å². The maximum atomic E-state index is 13.0. The van der Waals surface area contributed by atoms with Crippen LogP contribution in [-0.4, -0.2) is 22.8 Å². The van der Waals surface area contributed by atoms with Gasteiger partial charge in [-0.3, -0.25) is 4.79 Å². The number of hydrogen-bond acceptors (Lipinski definition) is 2. The number of carbonyl (C=O) groups is 1. The minimum Gasteiger partial charge on any atom is -0.336 e. The van der Waals surface area contributed by atoms with Crippen molar-refractivity contribution in [2.75, 3.05) is 7.05 Å². The molecule has 0 saturated heterocycles. The molecule has 19 heavy (non-hydrogen) atoms. The Morgan fingerprint density at radius 3 is 2.58 bits per heavy atom. The molecule has 0 aliphatic heterocycles. The average Bonchev–Trinajstić information content (AvgIpc) is 2.40. The Hall–Kier alpha value is -1.75. The van der Waals surface area contributed by atoms with Crippen molar-refractivity contribution < 1.29 is 9.18 Å². The van der Waals surface area contributed by atoms with Gasteiger partial charge in [-0.15, -0.1) is 0 Å². The van der Waals surface area contributed by atoms with Crippen LogP contribution < -0.4 is 0 Å². The lowest BCUT2D eigenvalue weighted by atomic mass is 10.2. The smallest absolute Gasteiger partial charge is 0.272 e. The molecule has 0 unspecified atom stereocenters. The van der Waals surface area contributed by atoms with Crippen molar-refractivity contribution in [2.24, 2.45) is 0 Å². The molecule has 5 heteroatoms. The Morgan fingerprint density at radius 1 is 1.26 bits per heavy atom. The van der Waals surface area contributed by atoms with Crippen LogP contribution in [0.4, 0.5) is 4.39 Å². The molecule has 2 aromatic rings. The quantitative estimate of drug-likeness (QED) is 0.813. The van der Waals surface area contributed by atoms with E-state index in [2.05, 4.69) is 20.9 Å². The summed E-state index contributed by atoms with van der Waals surface area (Å²) in [7, 11) is 1.66. The number of pyridine rings is 1. The number of carbonyl (C=O) groups excluding carboxylic acids is 1. The fraction of sp³-hybridized carbons (Fsp3) is 0.143. The first-order chi connectivity index (χ1) is 9.06. The van der Waals surface area contributed by atoms with E-state index in [1.807, 2.05) is 24.3 Å². The second-order valence-electron chi connectivity index (χ2n) is 4.13. The van der Waals surface area contributed by atoms with Gasteiger partial charge in [0.05, 0.1) is 0 Å². The third-order valence-electron chi connectivity index (χ3n) is 2.61. The molecule has 0 saturated carbocycles. The van der Waals surface area contributed by atoms with Gasteiger partial charge in [0, 0.05) is 18.1 Å². The molecule has 1 aromatic carbocycles. The number of hydrogen-bond donors (Lipinski definition) is 0. The molecule has 0 radical (unpaired) electrons. The van der Waals surface area contributed by atoms with Crippen LogP contribution in [-0.2, 0) is 6.54 Å². The number of halogens is 2. The maximum absolute atomic E-state index is 13.0. The highest BCUT2D eigenvalue weighted by Crippen LogP contribution is 2.12. The third kappa shape index (κ3) is 3.61. The van der Waals surface area contributed by atoms with Crippen LogP contribution in [0.1, 0.15) is 16.1 Å². The zero-order chi connectivity index (χ0) is 13.8. The van der Waals surface area contributed by atoms with Crippen LogP contribution in [0.5, 0.6) is 0 Å². The van der Waals surface area contributed by atoms with Gasteiger partial charge >= 0.3 is 0 Å². The van der Waals surface area contributed by atoms with E-state index in [-0.39, 0.29) is 11.6 Å². The second-order valence-corrected chi connectivity index (χ2v) is 5.05. The summed E-state index contributed by atoms with van der Waals surface area (Å²) in [6.07, 6.45) is 0. The lowest BCUT2D eigenvalue weighted by Crippen LogP contribution is -2.27. The Morgan fingerprint density at radius 2 is 1.95 bits per heavy atom. The number of aromatic nitrogens is 1. The van der Waals surface area contributed by atoms with E-state index < -0.39 is 5.95 Å². The first-order valence-electron chi connectivity index (χ1n) is 5.69. The summed E-state index contributed by atoms with van der Waals surface area (Å²) >= 11 is 3.35. The largest absolute Gasteiger partial charge is 0.336 e. The summed E-state index contributed by atoms with van der Waals surface area (Å²) in [5.74, 6) is -0.953. The van der Waals surface area contributed by atoms with E-state index in [0.717, 1.165) is 10.0 Å². The van der Waals surface area contributed by atoms with Crippen LogP contribution in [0.15, 0.2) is 46.9 Å². The van der Waals surface area contributed by atoms with Crippen LogP contribution >= 0.6 is 15.9 Å². The Bertz CT molecular complexity index is 586. The van der Waals surface area contributed by atoms with Gasteiger partial charge in [-0.05, 0) is 29.8 Å². The molecule has 0 N–H and O–H groups in total. The Balaban J connectivity index is 2.09. The van der Waals surface area contributed by atoms with E-state index in [4.69, 9.17) is 0 Å². The number of rotatable bonds is 3. The number of benzene rings is 1. The predicted octanol–water partition coefficient (Wildman–Crippen LogP) is 3.26. The van der Waals surface area contributed by atoms with Gasteiger partial charge in [-0.25, -0.2) is 4.98 Å². The van der Waals surface area contributed by atoms with Gasteiger partial charge in [0.15, 0.2) is 0 Å². The summed E-state index contributed by atoms with van der Waals surface area (Å²) in [6, 6.07) is 11.9. The van der Waals surface area contributed by atoms with Gasteiger partial charge < -0.3 is 4.90 Å². The number of nitrogens with zero attached hydrogens (tertiary/aromatic N) is 2. The average molecular weight is 323 g/mol. The van der Waals surface area contributed by atoms with E-state index >= 15 is 0 Å². The highest BCUT2D eigenvalue weighted by Gasteiger charge is 2.13. The topological polar surface area (TPSA) is 33.2 Å². The van der Waals surface area contributed by atoms with Crippen molar-refractivity contribution in [2.45, 2.75) is 6.54 Å². The lowest BCUT2D eigenvalue weighted by Gasteiger charge is -2.16. The standard InChI is InChI=1S/C14H12BrFN2O/c1-18(9-10-5-7-11(15)8-6-10)14(19)12-3-2-4-13(16)17-12/h2-8H,9H2,1H3. The summed E-state index contributed by atoms with van der Waals surface area (Å²) < 4.78 is 14.0. The summed E-state index contributed by atoms with van der Waals surface area (Å²) in [5, 5.41) is 0. The minimum atomic E-state index is -0.650. The van der Waals surface area contributed by atoms with Crippen LogP contribution in [0.2, 0.25) is 0 Å². The zero-order valence-electron chi connectivity index (χ0n) is 10.3. The monoisotopic (exact) mass is 322 g/mol. The molecule has 0 aliphatic rings. The predicted molar refractivity (Wildman–Crippen MR) is 74.1 cm³/mol. The fourth-order valence-electron chi connectivity index (χ4n) is 1.66. The van der Waals surface area contributed by atoms with Gasteiger partial charge in [-0.1, -0.05) is 34.1 Å². The molecule has 0 bridgehead atoms. The van der Waals surface area contributed by atoms with Gasteiger partial charge in [0.25, 0.3) is 5.91 Å². The maximum Gasteiger partial charge on any atom is 0.272 e. The normalized spacial score (nSPS) is 10.3. The molecular weight excluding hydrogens is 311 g/mol. The van der Waals surface area contributed by atoms with Crippen molar-refractivity contribution >= 4 is 21.8 Å². The molecule has 2 rings (SSSR count). The zero-order valence-corrected chi connectivity index (χ0v) is 11.9. The molecule has 3 nitrogen and oxygen atoms in total. The summed E-state index contributed by atoms with van der Waals surface area (Å²) in [4.78, 5) is 17.1. The summed E-state index contributed by atoms with van der Waals surface area (Å²) in [5.41, 5.74) is 1.11. The third-order valence-corrected chi connectivity index (χ3v) is 3.14. The van der Waals surface area contributed by atoms with Crippen molar-refractivity contribution in [1.82, 2.24) is 9.88 Å².